The van der Waals surface area contributed by atoms with Crippen molar-refractivity contribution in [2.75, 3.05) is 30.5 Å². The Morgan fingerprint density at radius 3 is 3.06 bits per heavy atom. The minimum atomic E-state index is 0.212. The Morgan fingerprint density at radius 2 is 2.35 bits per heavy atom. The van der Waals surface area contributed by atoms with Gasteiger partial charge in [0.15, 0.2) is 0 Å². The van der Waals surface area contributed by atoms with Crippen molar-refractivity contribution in [3.05, 3.63) is 17.6 Å². The first-order chi connectivity index (χ1) is 8.24. The van der Waals surface area contributed by atoms with Crippen LogP contribution >= 0.6 is 11.6 Å². The van der Waals surface area contributed by atoms with Crippen LogP contribution in [-0.4, -0.2) is 41.6 Å². The third-order valence-corrected chi connectivity index (χ3v) is 3.30. The summed E-state index contributed by atoms with van der Waals surface area (Å²) in [5, 5.41) is 0. The largest absolute Gasteiger partial charge is 0.377 e. The number of ether oxygens (including phenoxy) is 1. The molecule has 0 amide bonds. The summed E-state index contributed by atoms with van der Waals surface area (Å²) < 4.78 is 5.44. The second-order valence-electron chi connectivity index (χ2n) is 4.19. The van der Waals surface area contributed by atoms with Crippen molar-refractivity contribution in [3.8, 4) is 0 Å². The van der Waals surface area contributed by atoms with Crippen LogP contribution in [-0.2, 0) is 11.2 Å². The lowest BCUT2D eigenvalue weighted by Gasteiger charge is -2.35. The van der Waals surface area contributed by atoms with Gasteiger partial charge in [-0.2, -0.15) is 0 Å². The lowest BCUT2D eigenvalue weighted by atomic mass is 10.2. The topological polar surface area (TPSA) is 38.2 Å². The number of halogens is 1. The molecule has 0 N–H and O–H groups in total. The van der Waals surface area contributed by atoms with Crippen LogP contribution in [0.3, 0.4) is 0 Å². The van der Waals surface area contributed by atoms with Crippen LogP contribution in [0, 0.1) is 6.92 Å². The molecule has 0 spiro atoms. The summed E-state index contributed by atoms with van der Waals surface area (Å²) in [5.41, 5.74) is 1.08. The summed E-state index contributed by atoms with van der Waals surface area (Å²) in [4.78, 5) is 11.1. The van der Waals surface area contributed by atoms with Crippen LogP contribution in [0.2, 0.25) is 0 Å². The third-order valence-electron chi connectivity index (χ3n) is 2.94. The van der Waals surface area contributed by atoms with E-state index in [0.717, 1.165) is 36.9 Å². The molecular formula is C12H18ClN3O. The van der Waals surface area contributed by atoms with E-state index in [0.29, 0.717) is 12.5 Å². The fourth-order valence-electron chi connectivity index (χ4n) is 2.02. The second-order valence-corrected chi connectivity index (χ2v) is 4.50. The van der Waals surface area contributed by atoms with Crippen LogP contribution in [0.25, 0.3) is 0 Å². The van der Waals surface area contributed by atoms with Gasteiger partial charge in [0, 0.05) is 24.2 Å². The molecule has 1 aliphatic heterocycles. The van der Waals surface area contributed by atoms with Crippen molar-refractivity contribution in [1.82, 2.24) is 9.97 Å². The van der Waals surface area contributed by atoms with E-state index < -0.39 is 0 Å². The molecule has 2 heterocycles. The molecule has 1 aromatic rings. The summed E-state index contributed by atoms with van der Waals surface area (Å²) in [5.74, 6) is 2.35. The zero-order valence-corrected chi connectivity index (χ0v) is 11.1. The molecule has 0 aromatic carbocycles. The van der Waals surface area contributed by atoms with Crippen molar-refractivity contribution in [2.45, 2.75) is 26.3 Å². The highest BCUT2D eigenvalue weighted by molar-refractivity contribution is 6.18. The maximum absolute atomic E-state index is 5.97. The molecule has 4 nitrogen and oxygen atoms in total. The fraction of sp³-hybridized carbons (Fsp3) is 0.667. The van der Waals surface area contributed by atoms with Gasteiger partial charge in [0.25, 0.3) is 0 Å². The van der Waals surface area contributed by atoms with Gasteiger partial charge < -0.3 is 9.64 Å². The number of hydrogen-bond acceptors (Lipinski definition) is 4. The average Bonchev–Trinajstić information content (AvgIpc) is 2.37. The fourth-order valence-corrected chi connectivity index (χ4v) is 2.28. The molecule has 1 unspecified atom stereocenters. The van der Waals surface area contributed by atoms with E-state index in [4.69, 9.17) is 16.3 Å². The van der Waals surface area contributed by atoms with E-state index in [2.05, 4.69) is 27.9 Å². The maximum atomic E-state index is 5.97. The van der Waals surface area contributed by atoms with Crippen molar-refractivity contribution in [3.63, 3.8) is 0 Å². The molecule has 1 saturated heterocycles. The molecule has 1 fully saturated rings. The van der Waals surface area contributed by atoms with Gasteiger partial charge in [0.05, 0.1) is 19.3 Å². The number of aryl methyl sites for hydroxylation is 2. The average molecular weight is 256 g/mol. The van der Waals surface area contributed by atoms with E-state index in [1.807, 2.05) is 6.92 Å². The number of alkyl halides is 1. The highest BCUT2D eigenvalue weighted by Gasteiger charge is 2.23. The van der Waals surface area contributed by atoms with Crippen LogP contribution in [0.4, 0.5) is 5.82 Å². The van der Waals surface area contributed by atoms with E-state index in [1.54, 1.807) is 0 Å². The van der Waals surface area contributed by atoms with Gasteiger partial charge in [-0.15, -0.1) is 11.6 Å². The Hall–Kier alpha value is -0.870. The number of hydrogen-bond donors (Lipinski definition) is 0. The van der Waals surface area contributed by atoms with Gasteiger partial charge >= 0.3 is 0 Å². The lowest BCUT2D eigenvalue weighted by Crippen LogP contribution is -2.47. The molecule has 0 radical (unpaired) electrons. The Balaban J connectivity index is 2.27. The SMILES string of the molecule is CCc1cc(N2CCOCC2CCl)nc(C)n1. The minimum Gasteiger partial charge on any atom is -0.377 e. The van der Waals surface area contributed by atoms with Gasteiger partial charge in [0.2, 0.25) is 0 Å². The van der Waals surface area contributed by atoms with Crippen LogP contribution in [0.1, 0.15) is 18.4 Å². The first-order valence-electron chi connectivity index (χ1n) is 5.99. The molecule has 2 rings (SSSR count). The summed E-state index contributed by atoms with van der Waals surface area (Å²) in [6.07, 6.45) is 0.923. The molecule has 5 heteroatoms. The van der Waals surface area contributed by atoms with Crippen molar-refractivity contribution < 1.29 is 4.74 Å². The summed E-state index contributed by atoms with van der Waals surface area (Å²) >= 11 is 5.97. The van der Waals surface area contributed by atoms with Crippen molar-refractivity contribution in [1.29, 1.82) is 0 Å². The summed E-state index contributed by atoms with van der Waals surface area (Å²) in [7, 11) is 0. The Kier molecular flexibility index (Phi) is 4.18. The molecule has 1 aliphatic rings. The molecule has 1 aromatic heterocycles. The number of morpholine rings is 1. The molecule has 94 valence electrons. The predicted octanol–water partition coefficient (Wildman–Crippen LogP) is 1.79. The summed E-state index contributed by atoms with van der Waals surface area (Å²) in [6, 6.07) is 2.27. The molecule has 17 heavy (non-hydrogen) atoms. The van der Waals surface area contributed by atoms with Gasteiger partial charge in [0.1, 0.15) is 11.6 Å². The first kappa shape index (κ1) is 12.6. The smallest absolute Gasteiger partial charge is 0.132 e. The van der Waals surface area contributed by atoms with Gasteiger partial charge in [-0.05, 0) is 13.3 Å². The monoisotopic (exact) mass is 255 g/mol. The van der Waals surface area contributed by atoms with Crippen LogP contribution in [0.5, 0.6) is 0 Å². The Labute approximate surface area is 107 Å². The highest BCUT2D eigenvalue weighted by atomic mass is 35.5. The number of nitrogens with zero attached hydrogens (tertiary/aromatic N) is 3. The molecule has 0 aliphatic carbocycles. The molecular weight excluding hydrogens is 238 g/mol. The third kappa shape index (κ3) is 2.87. The quantitative estimate of drug-likeness (QED) is 0.772. The first-order valence-corrected chi connectivity index (χ1v) is 6.53. The lowest BCUT2D eigenvalue weighted by molar-refractivity contribution is 0.0993. The molecule has 0 bridgehead atoms. The zero-order chi connectivity index (χ0) is 12.3. The number of aromatic nitrogens is 2. The minimum absolute atomic E-state index is 0.212. The maximum Gasteiger partial charge on any atom is 0.132 e. The second kappa shape index (κ2) is 5.65. The normalized spacial score (nSPS) is 20.6. The Morgan fingerprint density at radius 1 is 1.53 bits per heavy atom. The highest BCUT2D eigenvalue weighted by Crippen LogP contribution is 2.19. The number of rotatable bonds is 3. The van der Waals surface area contributed by atoms with Crippen LogP contribution < -0.4 is 4.90 Å². The van der Waals surface area contributed by atoms with E-state index in [-0.39, 0.29) is 6.04 Å². The molecule has 0 saturated carbocycles. The standard InChI is InChI=1S/C12H18ClN3O/c1-3-10-6-12(15-9(2)14-10)16-4-5-17-8-11(16)7-13/h6,11H,3-5,7-8H2,1-2H3. The van der Waals surface area contributed by atoms with E-state index in [1.165, 1.54) is 0 Å². The van der Waals surface area contributed by atoms with Crippen molar-refractivity contribution >= 4 is 17.4 Å². The van der Waals surface area contributed by atoms with Gasteiger partial charge in [-0.25, -0.2) is 9.97 Å². The zero-order valence-electron chi connectivity index (χ0n) is 10.3. The van der Waals surface area contributed by atoms with E-state index in [9.17, 15) is 0 Å². The van der Waals surface area contributed by atoms with Crippen LogP contribution in [0.15, 0.2) is 6.07 Å². The molecule has 1 atom stereocenters. The number of anilines is 1. The van der Waals surface area contributed by atoms with Gasteiger partial charge in [-0.3, -0.25) is 0 Å². The van der Waals surface area contributed by atoms with E-state index >= 15 is 0 Å². The predicted molar refractivity (Wildman–Crippen MR) is 68.8 cm³/mol. The van der Waals surface area contributed by atoms with Gasteiger partial charge in [-0.1, -0.05) is 6.92 Å². The van der Waals surface area contributed by atoms with Crippen molar-refractivity contribution in [2.24, 2.45) is 0 Å². The summed E-state index contributed by atoms with van der Waals surface area (Å²) in [6.45, 7) is 6.28. The Bertz CT molecular complexity index is 386.